The summed E-state index contributed by atoms with van der Waals surface area (Å²) < 4.78 is 31.1. The summed E-state index contributed by atoms with van der Waals surface area (Å²) in [4.78, 5) is 30.1. The molecule has 162 valence electrons. The Morgan fingerprint density at radius 1 is 1.19 bits per heavy atom. The van der Waals surface area contributed by atoms with Crippen molar-refractivity contribution in [1.82, 2.24) is 34.8 Å². The number of nitrogens with zero attached hydrogens (tertiary/aromatic N) is 6. The molecule has 4 rings (SSSR count). The van der Waals surface area contributed by atoms with Crippen molar-refractivity contribution in [1.29, 1.82) is 0 Å². The van der Waals surface area contributed by atoms with Crippen LogP contribution in [0.4, 0.5) is 8.78 Å². The quantitative estimate of drug-likeness (QED) is 0.640. The maximum atomic E-state index is 14.1. The van der Waals surface area contributed by atoms with Crippen LogP contribution >= 0.6 is 0 Å². The first-order valence-corrected chi connectivity index (χ1v) is 9.70. The van der Waals surface area contributed by atoms with Gasteiger partial charge in [0, 0.05) is 26.2 Å². The summed E-state index contributed by atoms with van der Waals surface area (Å²) in [5.74, 6) is -4.00. The topological polar surface area (TPSA) is 97.9 Å². The van der Waals surface area contributed by atoms with Gasteiger partial charge in [0.1, 0.15) is 5.69 Å². The molecule has 3 heterocycles. The largest absolute Gasteiger partial charge is 0.347 e. The second-order valence-corrected chi connectivity index (χ2v) is 7.57. The number of amides is 2. The van der Waals surface area contributed by atoms with E-state index in [1.165, 1.54) is 23.4 Å². The number of aryl methyl sites for hydroxylation is 1. The number of carbonyl (C=O) groups excluding carboxylic acids is 2. The molecule has 1 saturated heterocycles. The normalized spacial score (nSPS) is 17.6. The van der Waals surface area contributed by atoms with E-state index >= 15 is 0 Å². The van der Waals surface area contributed by atoms with Gasteiger partial charge in [0.25, 0.3) is 17.7 Å². The maximum absolute atomic E-state index is 14.1. The van der Waals surface area contributed by atoms with Crippen LogP contribution in [0.5, 0.6) is 0 Å². The van der Waals surface area contributed by atoms with Crippen molar-refractivity contribution in [3.05, 3.63) is 66.0 Å². The summed E-state index contributed by atoms with van der Waals surface area (Å²) in [6, 6.07) is 8.58. The number of imidazole rings is 1. The molecular formula is C20H21F2N7O2. The lowest BCUT2D eigenvalue weighted by atomic mass is 10.2. The number of nitrogens with one attached hydrogen (secondary N) is 1. The number of rotatable bonds is 6. The van der Waals surface area contributed by atoms with Gasteiger partial charge in [-0.05, 0) is 5.56 Å². The summed E-state index contributed by atoms with van der Waals surface area (Å²) >= 11 is 0. The molecular weight excluding hydrogens is 408 g/mol. The van der Waals surface area contributed by atoms with E-state index in [-0.39, 0.29) is 17.9 Å². The van der Waals surface area contributed by atoms with Crippen LogP contribution in [0.1, 0.15) is 33.0 Å². The molecule has 0 unspecified atom stereocenters. The Kier molecular flexibility index (Phi) is 5.49. The molecule has 0 saturated carbocycles. The van der Waals surface area contributed by atoms with Crippen LogP contribution in [0, 0.1) is 0 Å². The lowest BCUT2D eigenvalue weighted by molar-refractivity contribution is 0.0116. The number of hydrogen-bond acceptors (Lipinski definition) is 5. The van der Waals surface area contributed by atoms with Crippen LogP contribution in [0.25, 0.3) is 0 Å². The highest BCUT2D eigenvalue weighted by Gasteiger charge is 2.47. The van der Waals surface area contributed by atoms with Gasteiger partial charge in [0.2, 0.25) is 0 Å². The minimum Gasteiger partial charge on any atom is -0.347 e. The summed E-state index contributed by atoms with van der Waals surface area (Å²) in [5.41, 5.74) is 1.10. The summed E-state index contributed by atoms with van der Waals surface area (Å²) in [5, 5.41) is 10.4. The SMILES string of the molecule is Cn1cnc(C(=O)N2CC(F)(F)C[C@H]2Cn2cc(C(=O)NCc3ccccc3)nn2)c1. The van der Waals surface area contributed by atoms with Crippen LogP contribution in [0.2, 0.25) is 0 Å². The fourth-order valence-electron chi connectivity index (χ4n) is 3.55. The van der Waals surface area contributed by atoms with Crippen molar-refractivity contribution in [3.63, 3.8) is 0 Å². The zero-order chi connectivity index (χ0) is 22.0. The van der Waals surface area contributed by atoms with Gasteiger partial charge in [-0.2, -0.15) is 0 Å². The lowest BCUT2D eigenvalue weighted by Gasteiger charge is -2.22. The second-order valence-electron chi connectivity index (χ2n) is 7.57. The minimum atomic E-state index is -3.01. The third-order valence-corrected chi connectivity index (χ3v) is 5.03. The van der Waals surface area contributed by atoms with E-state index in [1.54, 1.807) is 11.6 Å². The molecule has 2 aromatic heterocycles. The highest BCUT2D eigenvalue weighted by Crippen LogP contribution is 2.33. The molecule has 3 aromatic rings. The fraction of sp³-hybridized carbons (Fsp3) is 0.350. The first-order chi connectivity index (χ1) is 14.8. The predicted octanol–water partition coefficient (Wildman–Crippen LogP) is 1.49. The molecule has 31 heavy (non-hydrogen) atoms. The third kappa shape index (κ3) is 4.76. The number of halogens is 2. The van der Waals surface area contributed by atoms with Gasteiger partial charge >= 0.3 is 0 Å². The Morgan fingerprint density at radius 3 is 2.68 bits per heavy atom. The molecule has 1 aliphatic rings. The van der Waals surface area contributed by atoms with Crippen LogP contribution < -0.4 is 5.32 Å². The van der Waals surface area contributed by atoms with E-state index < -0.39 is 36.7 Å². The molecule has 0 aliphatic carbocycles. The van der Waals surface area contributed by atoms with Gasteiger partial charge in [-0.15, -0.1) is 5.10 Å². The zero-order valence-corrected chi connectivity index (χ0v) is 16.8. The van der Waals surface area contributed by atoms with Gasteiger partial charge in [-0.25, -0.2) is 18.4 Å². The second kappa shape index (κ2) is 8.25. The first-order valence-electron chi connectivity index (χ1n) is 9.70. The van der Waals surface area contributed by atoms with E-state index in [0.717, 1.165) is 10.5 Å². The third-order valence-electron chi connectivity index (χ3n) is 5.03. The fourth-order valence-corrected chi connectivity index (χ4v) is 3.55. The van der Waals surface area contributed by atoms with Gasteiger partial charge in [0.05, 0.1) is 31.7 Å². The molecule has 1 aromatic carbocycles. The van der Waals surface area contributed by atoms with Crippen molar-refractivity contribution < 1.29 is 18.4 Å². The Hall–Kier alpha value is -3.63. The molecule has 9 nitrogen and oxygen atoms in total. The molecule has 1 atom stereocenters. The van der Waals surface area contributed by atoms with Gasteiger partial charge in [-0.3, -0.25) is 9.59 Å². The van der Waals surface area contributed by atoms with Gasteiger partial charge in [-0.1, -0.05) is 35.5 Å². The van der Waals surface area contributed by atoms with Crippen molar-refractivity contribution >= 4 is 11.8 Å². The maximum Gasteiger partial charge on any atom is 0.274 e. The van der Waals surface area contributed by atoms with Crippen molar-refractivity contribution in [3.8, 4) is 0 Å². The molecule has 0 bridgehead atoms. The van der Waals surface area contributed by atoms with Gasteiger partial charge < -0.3 is 14.8 Å². The molecule has 1 aliphatic heterocycles. The molecule has 11 heteroatoms. The molecule has 2 amide bonds. The van der Waals surface area contributed by atoms with E-state index in [1.807, 2.05) is 30.3 Å². The monoisotopic (exact) mass is 429 g/mol. The number of hydrogen-bond donors (Lipinski definition) is 1. The lowest BCUT2D eigenvalue weighted by Crippen LogP contribution is -2.39. The Morgan fingerprint density at radius 2 is 1.97 bits per heavy atom. The number of benzene rings is 1. The Bertz CT molecular complexity index is 1080. The molecule has 0 radical (unpaired) electrons. The number of aromatic nitrogens is 5. The highest BCUT2D eigenvalue weighted by atomic mass is 19.3. The molecule has 1 N–H and O–H groups in total. The van der Waals surface area contributed by atoms with E-state index in [4.69, 9.17) is 0 Å². The summed E-state index contributed by atoms with van der Waals surface area (Å²) in [6.45, 7) is -0.368. The van der Waals surface area contributed by atoms with Crippen LogP contribution in [0.15, 0.2) is 49.1 Å². The standard InChI is InChI=1S/C20H21F2N7O2/c1-27-10-17(24-13-27)19(31)29-12-20(21,22)7-15(29)9-28-11-16(25-26-28)18(30)23-8-14-5-3-2-4-6-14/h2-6,10-11,13,15H,7-9,12H2,1H3,(H,23,30)/t15-/m0/s1. The van der Waals surface area contributed by atoms with Crippen molar-refractivity contribution in [2.24, 2.45) is 7.05 Å². The Balaban J connectivity index is 1.42. The molecule has 0 spiro atoms. The number of alkyl halides is 2. The van der Waals surface area contributed by atoms with Crippen LogP contribution in [0.3, 0.4) is 0 Å². The molecule has 1 fully saturated rings. The van der Waals surface area contributed by atoms with Crippen molar-refractivity contribution in [2.75, 3.05) is 6.54 Å². The average molecular weight is 429 g/mol. The summed E-state index contributed by atoms with van der Waals surface area (Å²) in [6.07, 6.45) is 3.82. The number of likely N-dealkylation sites (tertiary alicyclic amines) is 1. The van der Waals surface area contributed by atoms with E-state index in [9.17, 15) is 18.4 Å². The van der Waals surface area contributed by atoms with Gasteiger partial charge in [0.15, 0.2) is 5.69 Å². The van der Waals surface area contributed by atoms with E-state index in [0.29, 0.717) is 6.54 Å². The smallest absolute Gasteiger partial charge is 0.274 e. The Labute approximate surface area is 176 Å². The predicted molar refractivity (Wildman–Crippen MR) is 105 cm³/mol. The van der Waals surface area contributed by atoms with Crippen LogP contribution in [-0.2, 0) is 20.1 Å². The zero-order valence-electron chi connectivity index (χ0n) is 16.8. The number of carbonyl (C=O) groups is 2. The first kappa shape index (κ1) is 20.6. The van der Waals surface area contributed by atoms with Crippen molar-refractivity contribution in [2.45, 2.75) is 31.5 Å². The van der Waals surface area contributed by atoms with Crippen LogP contribution in [-0.4, -0.2) is 59.8 Å². The average Bonchev–Trinajstić information content (AvgIpc) is 3.45. The van der Waals surface area contributed by atoms with E-state index in [2.05, 4.69) is 20.6 Å². The summed E-state index contributed by atoms with van der Waals surface area (Å²) in [7, 11) is 1.69. The highest BCUT2D eigenvalue weighted by molar-refractivity contribution is 5.93. The minimum absolute atomic E-state index is 0.00682.